The van der Waals surface area contributed by atoms with Crippen LogP contribution in [0.1, 0.15) is 34.3 Å². The van der Waals surface area contributed by atoms with Gasteiger partial charge in [-0.3, -0.25) is 9.79 Å². The summed E-state index contributed by atoms with van der Waals surface area (Å²) in [4.78, 5) is 18.9. The van der Waals surface area contributed by atoms with E-state index in [-0.39, 0.29) is 11.3 Å². The first-order chi connectivity index (χ1) is 13.6. The number of hydrogen-bond donors (Lipinski definition) is 2. The molecule has 4 rings (SSSR count). The van der Waals surface area contributed by atoms with Gasteiger partial charge in [-0.25, -0.2) is 0 Å². The number of para-hydroxylation sites is 1. The molecule has 146 valence electrons. The Morgan fingerprint density at radius 1 is 1.11 bits per heavy atom. The number of aliphatic imine (C=N–C) groups is 1. The van der Waals surface area contributed by atoms with Gasteiger partial charge in [0.15, 0.2) is 0 Å². The maximum atomic E-state index is 12.3. The van der Waals surface area contributed by atoms with Crippen molar-refractivity contribution in [3.8, 4) is 0 Å². The fraction of sp³-hybridized carbons (Fsp3) is 0.391. The molecule has 0 aliphatic carbocycles. The van der Waals surface area contributed by atoms with Gasteiger partial charge in [0.05, 0.1) is 6.54 Å². The van der Waals surface area contributed by atoms with E-state index in [9.17, 15) is 4.79 Å². The van der Waals surface area contributed by atoms with Crippen LogP contribution in [0.25, 0.3) is 0 Å². The van der Waals surface area contributed by atoms with Crippen molar-refractivity contribution in [2.75, 3.05) is 32.5 Å². The van der Waals surface area contributed by atoms with E-state index in [4.69, 9.17) is 4.99 Å². The molecule has 1 saturated heterocycles. The Morgan fingerprint density at radius 2 is 1.89 bits per heavy atom. The third kappa shape index (κ3) is 3.67. The van der Waals surface area contributed by atoms with E-state index < -0.39 is 0 Å². The van der Waals surface area contributed by atoms with E-state index in [1.807, 2.05) is 24.3 Å². The molecule has 0 bridgehead atoms. The Morgan fingerprint density at radius 3 is 2.68 bits per heavy atom. The smallest absolute Gasteiger partial charge is 0.253 e. The second-order valence-corrected chi connectivity index (χ2v) is 8.05. The summed E-state index contributed by atoms with van der Waals surface area (Å²) in [7, 11) is 3.55. The van der Waals surface area contributed by atoms with Crippen LogP contribution in [0.2, 0.25) is 0 Å². The minimum atomic E-state index is 0.0223. The first-order valence-electron chi connectivity index (χ1n) is 9.99. The summed E-state index contributed by atoms with van der Waals surface area (Å²) in [6.45, 7) is 2.62. The van der Waals surface area contributed by atoms with Crippen LogP contribution in [0.5, 0.6) is 0 Å². The van der Waals surface area contributed by atoms with Gasteiger partial charge in [0, 0.05) is 30.8 Å². The van der Waals surface area contributed by atoms with Gasteiger partial charge in [0.1, 0.15) is 5.84 Å². The predicted molar refractivity (Wildman–Crippen MR) is 114 cm³/mol. The summed E-state index contributed by atoms with van der Waals surface area (Å²) in [5, 5.41) is 7.11. The van der Waals surface area contributed by atoms with Crippen LogP contribution in [-0.4, -0.2) is 43.8 Å². The Hall–Kier alpha value is -2.66. The number of benzene rings is 2. The monoisotopic (exact) mass is 376 g/mol. The Bertz CT molecular complexity index is 897. The van der Waals surface area contributed by atoms with Crippen molar-refractivity contribution in [3.63, 3.8) is 0 Å². The average Bonchev–Trinajstić information content (AvgIpc) is 2.72. The van der Waals surface area contributed by atoms with Crippen molar-refractivity contribution >= 4 is 17.4 Å². The maximum Gasteiger partial charge on any atom is 0.253 e. The van der Waals surface area contributed by atoms with E-state index in [2.05, 4.69) is 34.9 Å². The number of hydrogen-bond acceptors (Lipinski definition) is 3. The van der Waals surface area contributed by atoms with Crippen molar-refractivity contribution in [3.05, 3.63) is 65.2 Å². The normalized spacial score (nSPS) is 19.1. The highest BCUT2D eigenvalue weighted by Gasteiger charge is 2.40. The van der Waals surface area contributed by atoms with Gasteiger partial charge in [0.2, 0.25) is 0 Å². The number of piperidine rings is 1. The van der Waals surface area contributed by atoms with Gasteiger partial charge in [-0.15, -0.1) is 0 Å². The highest BCUT2D eigenvalue weighted by Crippen LogP contribution is 2.40. The molecule has 2 aliphatic heterocycles. The average molecular weight is 377 g/mol. The molecule has 1 spiro atoms. The molecule has 0 atom stereocenters. The molecule has 5 nitrogen and oxygen atoms in total. The SMILES string of the molecule is CN(C)C(=O)c1cccc(CN=C2Nc3ccccc3CC23CCNCC3)c1. The topological polar surface area (TPSA) is 56.7 Å². The molecule has 0 unspecified atom stereocenters. The number of carbonyl (C=O) groups is 1. The Kier molecular flexibility index (Phi) is 5.18. The third-order valence-corrected chi connectivity index (χ3v) is 5.86. The second kappa shape index (κ2) is 7.76. The number of anilines is 1. The zero-order valence-corrected chi connectivity index (χ0v) is 16.7. The zero-order valence-electron chi connectivity index (χ0n) is 16.7. The minimum absolute atomic E-state index is 0.0223. The first kappa shape index (κ1) is 18.7. The van der Waals surface area contributed by atoms with Crippen molar-refractivity contribution in [1.82, 2.24) is 10.2 Å². The summed E-state index contributed by atoms with van der Waals surface area (Å²) in [5.41, 5.74) is 4.39. The molecule has 2 N–H and O–H groups in total. The largest absolute Gasteiger partial charge is 0.345 e. The molecule has 2 aliphatic rings. The van der Waals surface area contributed by atoms with Crippen LogP contribution in [0, 0.1) is 5.41 Å². The van der Waals surface area contributed by atoms with Crippen molar-refractivity contribution in [2.24, 2.45) is 10.4 Å². The number of nitrogens with one attached hydrogen (secondary N) is 2. The van der Waals surface area contributed by atoms with E-state index >= 15 is 0 Å². The number of rotatable bonds is 3. The Labute approximate surface area is 166 Å². The van der Waals surface area contributed by atoms with Gasteiger partial charge in [0.25, 0.3) is 5.91 Å². The highest BCUT2D eigenvalue weighted by atomic mass is 16.2. The van der Waals surface area contributed by atoms with E-state index in [0.29, 0.717) is 12.1 Å². The fourth-order valence-corrected chi connectivity index (χ4v) is 4.26. The molecule has 5 heteroatoms. The van der Waals surface area contributed by atoms with Gasteiger partial charge >= 0.3 is 0 Å². The van der Waals surface area contributed by atoms with Crippen LogP contribution in [-0.2, 0) is 13.0 Å². The van der Waals surface area contributed by atoms with Crippen molar-refractivity contribution < 1.29 is 4.79 Å². The third-order valence-electron chi connectivity index (χ3n) is 5.86. The number of carbonyl (C=O) groups excluding carboxylic acids is 1. The van der Waals surface area contributed by atoms with Gasteiger partial charge in [-0.2, -0.15) is 0 Å². The van der Waals surface area contributed by atoms with E-state index in [1.54, 1.807) is 19.0 Å². The lowest BCUT2D eigenvalue weighted by molar-refractivity contribution is 0.0827. The van der Waals surface area contributed by atoms with Crippen LogP contribution in [0.15, 0.2) is 53.5 Å². The van der Waals surface area contributed by atoms with Crippen LogP contribution < -0.4 is 10.6 Å². The second-order valence-electron chi connectivity index (χ2n) is 8.05. The molecule has 2 heterocycles. The number of amides is 1. The highest BCUT2D eigenvalue weighted by molar-refractivity contribution is 6.02. The maximum absolute atomic E-state index is 12.3. The first-order valence-corrected chi connectivity index (χ1v) is 9.99. The van der Waals surface area contributed by atoms with E-state index in [0.717, 1.165) is 43.8 Å². The summed E-state index contributed by atoms with van der Waals surface area (Å²) >= 11 is 0. The zero-order chi connectivity index (χ0) is 19.6. The number of fused-ring (bicyclic) bond motifs is 1. The summed E-state index contributed by atoms with van der Waals surface area (Å²) in [5.74, 6) is 1.12. The number of amidine groups is 1. The summed E-state index contributed by atoms with van der Waals surface area (Å²) in [6.07, 6.45) is 3.22. The van der Waals surface area contributed by atoms with Crippen LogP contribution in [0.4, 0.5) is 5.69 Å². The van der Waals surface area contributed by atoms with Crippen LogP contribution >= 0.6 is 0 Å². The molecule has 28 heavy (non-hydrogen) atoms. The van der Waals surface area contributed by atoms with Gasteiger partial charge < -0.3 is 15.5 Å². The van der Waals surface area contributed by atoms with E-state index in [1.165, 1.54) is 11.3 Å². The Balaban J connectivity index is 1.62. The van der Waals surface area contributed by atoms with Gasteiger partial charge in [-0.05, 0) is 61.7 Å². The standard InChI is InChI=1S/C23H28N4O/c1-27(2)21(28)18-8-5-6-17(14-18)16-25-22-23(10-12-24-13-11-23)15-19-7-3-4-9-20(19)26-22/h3-9,14,24H,10-13,15-16H2,1-2H3,(H,25,26). The number of nitrogens with zero attached hydrogens (tertiary/aromatic N) is 2. The predicted octanol–water partition coefficient (Wildman–Crippen LogP) is 3.32. The summed E-state index contributed by atoms with van der Waals surface area (Å²) < 4.78 is 0. The molecule has 0 aromatic heterocycles. The fourth-order valence-electron chi connectivity index (χ4n) is 4.26. The van der Waals surface area contributed by atoms with Gasteiger partial charge in [-0.1, -0.05) is 30.3 Å². The van der Waals surface area contributed by atoms with Crippen molar-refractivity contribution in [1.29, 1.82) is 0 Å². The lowest BCUT2D eigenvalue weighted by Gasteiger charge is -2.42. The molecule has 2 aromatic rings. The summed E-state index contributed by atoms with van der Waals surface area (Å²) in [6, 6.07) is 16.3. The quantitative estimate of drug-likeness (QED) is 0.864. The van der Waals surface area contributed by atoms with Crippen molar-refractivity contribution in [2.45, 2.75) is 25.8 Å². The molecule has 0 saturated carbocycles. The molecule has 1 fully saturated rings. The molecule has 0 radical (unpaired) electrons. The molecule has 2 aromatic carbocycles. The molecule has 1 amide bonds. The lowest BCUT2D eigenvalue weighted by atomic mass is 9.71. The van der Waals surface area contributed by atoms with Crippen LogP contribution in [0.3, 0.4) is 0 Å². The molecular formula is C23H28N4O. The minimum Gasteiger partial charge on any atom is -0.345 e. The molecular weight excluding hydrogens is 348 g/mol. The lowest BCUT2D eigenvalue weighted by Crippen LogP contribution is -2.48.